The van der Waals surface area contributed by atoms with Crippen molar-refractivity contribution in [2.45, 2.75) is 38.7 Å². The van der Waals surface area contributed by atoms with Gasteiger partial charge < -0.3 is 10.6 Å². The molecule has 0 saturated heterocycles. The van der Waals surface area contributed by atoms with Crippen molar-refractivity contribution in [2.75, 3.05) is 5.73 Å². The molecule has 4 nitrogen and oxygen atoms in total. The average Bonchev–Trinajstić information content (AvgIpc) is 2.59. The molecular weight excluding hydrogens is 853 g/mol. The minimum absolute atomic E-state index is 0.0942. The van der Waals surface area contributed by atoms with Crippen LogP contribution in [0.1, 0.15) is 31.9 Å². The van der Waals surface area contributed by atoms with Gasteiger partial charge in [0, 0.05) is 19.1 Å². The van der Waals surface area contributed by atoms with Crippen LogP contribution in [-0.2, 0) is 28.5 Å². The molecule has 0 fully saturated rings. The molecule has 2 aromatic rings. The van der Waals surface area contributed by atoms with E-state index in [1.807, 2.05) is 0 Å². The Morgan fingerprint density at radius 2 is 1.09 bits per heavy atom. The van der Waals surface area contributed by atoms with Gasteiger partial charge in [0.25, 0.3) is 0 Å². The summed E-state index contributed by atoms with van der Waals surface area (Å²) >= 11 is 16.3. The first-order valence-electron chi connectivity index (χ1n) is 8.25. The first kappa shape index (κ1) is 36.3. The standard InChI is InChI=1S/C7H3Br2F3.C7H5BrF3N.C4H9NO2.2BrH.Cu/c8-5-1-4(7(10,11)12)2-6(9)3-5;8-5-1-4(7(9,10)11)2-6(12)3-5;1-4(2,3)7-5-6;;;/h1-3H;1-3H,12H2;1-3H3;2*1H;/q;;;;;+2/p-2. The van der Waals surface area contributed by atoms with E-state index in [0.717, 1.165) is 24.3 Å². The second-order valence-corrected chi connectivity index (χ2v) is 14.2. The number of nitrogens with two attached hydrogens (primary N) is 1. The van der Waals surface area contributed by atoms with Crippen molar-refractivity contribution in [3.8, 4) is 0 Å². The SMILES string of the molecule is CC(C)(C)ON=O.FC(F)(F)c1cc(Br)cc(Br)c1.Nc1cc(Br)cc(C(F)(F)F)c1.[Br][Cu][Br]. The molecule has 34 heavy (non-hydrogen) atoms. The molecule has 0 aliphatic rings. The van der Waals surface area contributed by atoms with Crippen molar-refractivity contribution in [3.05, 3.63) is 65.9 Å². The van der Waals surface area contributed by atoms with Crippen LogP contribution in [0.2, 0.25) is 0 Å². The third-order valence-electron chi connectivity index (χ3n) is 2.75. The van der Waals surface area contributed by atoms with Crippen LogP contribution in [0.25, 0.3) is 0 Å². The number of anilines is 1. The maximum atomic E-state index is 12.1. The number of alkyl halides is 6. The molecule has 0 saturated carbocycles. The number of nitrogens with zero attached hydrogens (tertiary/aromatic N) is 1. The number of hydrogen-bond donors (Lipinski definition) is 1. The Morgan fingerprint density at radius 3 is 1.32 bits per heavy atom. The Hall–Kier alpha value is 0.139. The van der Waals surface area contributed by atoms with Crippen LogP contribution < -0.4 is 5.73 Å². The van der Waals surface area contributed by atoms with Crippen LogP contribution in [0, 0.1) is 4.91 Å². The van der Waals surface area contributed by atoms with Gasteiger partial charge in [-0.3, -0.25) is 0 Å². The monoisotopic (exact) mass is 865 g/mol. The summed E-state index contributed by atoms with van der Waals surface area (Å²) in [4.78, 5) is 13.6. The molecule has 0 bridgehead atoms. The van der Waals surface area contributed by atoms with E-state index in [2.05, 4.69) is 86.2 Å². The van der Waals surface area contributed by atoms with Crippen molar-refractivity contribution in [1.82, 2.24) is 0 Å². The van der Waals surface area contributed by atoms with E-state index in [9.17, 15) is 31.2 Å². The molecule has 0 aromatic heterocycles. The van der Waals surface area contributed by atoms with Crippen molar-refractivity contribution in [1.29, 1.82) is 0 Å². The second-order valence-electron chi connectivity index (χ2n) is 6.75. The van der Waals surface area contributed by atoms with Gasteiger partial charge in [-0.15, -0.1) is 4.91 Å². The van der Waals surface area contributed by atoms with Crippen molar-refractivity contribution >= 4 is 81.7 Å². The molecule has 2 N–H and O–H groups in total. The average molecular weight is 870 g/mol. The van der Waals surface area contributed by atoms with E-state index in [1.165, 1.54) is 17.4 Å². The van der Waals surface area contributed by atoms with Gasteiger partial charge in [-0.25, -0.2) is 0 Å². The van der Waals surface area contributed by atoms with Crippen LogP contribution >= 0.6 is 76.0 Å². The molecule has 0 aliphatic heterocycles. The van der Waals surface area contributed by atoms with Gasteiger partial charge in [-0.2, -0.15) is 26.3 Å². The summed E-state index contributed by atoms with van der Waals surface area (Å²) in [5.41, 5.74) is 3.49. The van der Waals surface area contributed by atoms with Crippen molar-refractivity contribution in [2.24, 2.45) is 5.34 Å². The number of nitrogen functional groups attached to an aromatic ring is 1. The number of benzene rings is 2. The Labute approximate surface area is 238 Å². The summed E-state index contributed by atoms with van der Waals surface area (Å²) in [5, 5.41) is 2.26. The molecule has 0 spiro atoms. The first-order chi connectivity index (χ1) is 15.3. The van der Waals surface area contributed by atoms with Crippen LogP contribution in [-0.4, -0.2) is 5.60 Å². The topological polar surface area (TPSA) is 64.7 Å². The Bertz CT molecular complexity index is 795. The van der Waals surface area contributed by atoms with Gasteiger partial charge in [0.2, 0.25) is 0 Å². The Kier molecular flexibility index (Phi) is 17.9. The predicted octanol–water partition coefficient (Wildman–Crippen LogP) is 10.5. The van der Waals surface area contributed by atoms with E-state index in [-0.39, 0.29) is 5.69 Å². The van der Waals surface area contributed by atoms with Crippen LogP contribution in [0.4, 0.5) is 32.0 Å². The van der Waals surface area contributed by atoms with Gasteiger partial charge in [0.1, 0.15) is 5.60 Å². The molecule has 199 valence electrons. The molecule has 0 aliphatic carbocycles. The minimum atomic E-state index is -4.34. The van der Waals surface area contributed by atoms with Crippen molar-refractivity contribution < 1.29 is 42.5 Å². The summed E-state index contributed by atoms with van der Waals surface area (Å²) in [6, 6.07) is 6.90. The number of rotatable bonds is 1. The van der Waals surface area contributed by atoms with Crippen molar-refractivity contribution in [3.63, 3.8) is 0 Å². The predicted molar refractivity (Wildman–Crippen MR) is 135 cm³/mol. The fourth-order valence-corrected chi connectivity index (χ4v) is 3.41. The fourth-order valence-electron chi connectivity index (χ4n) is 1.61. The number of halogens is 11. The quantitative estimate of drug-likeness (QED) is 0.102. The summed E-state index contributed by atoms with van der Waals surface area (Å²) in [6.45, 7) is 5.28. The number of hydrogen-bond acceptors (Lipinski definition) is 4. The molecule has 0 atom stereocenters. The maximum absolute atomic E-state index is 12.1. The summed E-state index contributed by atoms with van der Waals surface area (Å²) in [5.74, 6) is 0. The van der Waals surface area contributed by atoms with Gasteiger partial charge in [-0.1, -0.05) is 47.8 Å². The van der Waals surface area contributed by atoms with E-state index in [1.54, 1.807) is 26.8 Å². The first-order valence-corrected chi connectivity index (χ1v) is 15.3. The third kappa shape index (κ3) is 19.3. The van der Waals surface area contributed by atoms with E-state index >= 15 is 0 Å². The molecule has 2 aromatic carbocycles. The molecule has 2 rings (SSSR count). The molecular formula is C18H17Br5CuF6N2O2. The zero-order valence-electron chi connectivity index (χ0n) is 17.3. The van der Waals surface area contributed by atoms with Gasteiger partial charge in [0.15, 0.2) is 5.34 Å². The summed E-state index contributed by atoms with van der Waals surface area (Å²) in [6.07, 6.45) is -8.62. The van der Waals surface area contributed by atoms with Crippen LogP contribution in [0.5, 0.6) is 0 Å². The molecule has 0 radical (unpaired) electrons. The van der Waals surface area contributed by atoms with Gasteiger partial charge in [-0.05, 0) is 57.2 Å². The summed E-state index contributed by atoms with van der Waals surface area (Å²) in [7, 11) is 0. The normalized spacial score (nSPS) is 11.1. The second kappa shape index (κ2) is 16.8. The van der Waals surface area contributed by atoms with Crippen LogP contribution in [0.3, 0.4) is 0 Å². The van der Waals surface area contributed by atoms with Gasteiger partial charge in [0.05, 0.1) is 11.1 Å². The van der Waals surface area contributed by atoms with Crippen LogP contribution in [0.15, 0.2) is 55.2 Å². The zero-order chi connectivity index (χ0) is 27.3. The Morgan fingerprint density at radius 1 is 0.765 bits per heavy atom. The van der Waals surface area contributed by atoms with Gasteiger partial charge >= 0.3 is 51.9 Å². The molecule has 0 heterocycles. The molecule has 0 unspecified atom stereocenters. The Balaban J connectivity index is 0. The fraction of sp³-hybridized carbons (Fsp3) is 0.333. The zero-order valence-corrected chi connectivity index (χ0v) is 26.1. The van der Waals surface area contributed by atoms with E-state index < -0.39 is 29.1 Å². The molecule has 0 amide bonds. The summed E-state index contributed by atoms with van der Waals surface area (Å²) < 4.78 is 73.7. The van der Waals surface area contributed by atoms with E-state index in [0.29, 0.717) is 13.4 Å². The molecule has 16 heteroatoms. The van der Waals surface area contributed by atoms with E-state index in [4.69, 9.17) is 5.73 Å². The third-order valence-corrected chi connectivity index (χ3v) is 4.12.